The third-order valence-corrected chi connectivity index (χ3v) is 5.43. The fourth-order valence-corrected chi connectivity index (χ4v) is 3.87. The van der Waals surface area contributed by atoms with Crippen LogP contribution in [0.15, 0.2) is 65.7 Å². The highest BCUT2D eigenvalue weighted by Crippen LogP contribution is 2.24. The number of rotatable bonds is 5. The van der Waals surface area contributed by atoms with E-state index in [-0.39, 0.29) is 11.7 Å². The van der Waals surface area contributed by atoms with Gasteiger partial charge in [0.2, 0.25) is 5.91 Å². The molecule has 4 rings (SSSR count). The zero-order chi connectivity index (χ0) is 17.9. The van der Waals surface area contributed by atoms with Crippen LogP contribution in [0.4, 0.5) is 5.69 Å². The highest BCUT2D eigenvalue weighted by Gasteiger charge is 2.21. The van der Waals surface area contributed by atoms with Gasteiger partial charge in [0.1, 0.15) is 0 Å². The van der Waals surface area contributed by atoms with Gasteiger partial charge in [-0.1, -0.05) is 36.0 Å². The summed E-state index contributed by atoms with van der Waals surface area (Å²) in [5.74, 6) is 0.555. The first-order chi connectivity index (χ1) is 12.7. The van der Waals surface area contributed by atoms with Crippen molar-refractivity contribution in [2.75, 3.05) is 17.2 Å². The maximum absolute atomic E-state index is 12.4. The minimum absolute atomic E-state index is 0.0595. The van der Waals surface area contributed by atoms with E-state index in [1.54, 1.807) is 17.0 Å². The highest BCUT2D eigenvalue weighted by atomic mass is 32.2. The van der Waals surface area contributed by atoms with Crippen molar-refractivity contribution in [3.05, 3.63) is 66.2 Å². The Balaban J connectivity index is 1.41. The number of thioether (sulfide) groups is 1. The third kappa shape index (κ3) is 3.48. The second-order valence-electron chi connectivity index (χ2n) is 6.25. The topological polar surface area (TPSA) is 50.3 Å². The molecular weight excluding hydrogens is 344 g/mol. The number of benzene rings is 2. The van der Waals surface area contributed by atoms with E-state index in [2.05, 4.69) is 4.98 Å². The van der Waals surface area contributed by atoms with Gasteiger partial charge in [0.05, 0.1) is 16.3 Å². The number of carbonyl (C=O) groups excluding carboxylic acids is 2. The van der Waals surface area contributed by atoms with E-state index in [0.717, 1.165) is 34.6 Å². The minimum atomic E-state index is 0.0595. The van der Waals surface area contributed by atoms with Crippen molar-refractivity contribution in [2.24, 2.45) is 0 Å². The van der Waals surface area contributed by atoms with Crippen LogP contribution in [0.5, 0.6) is 0 Å². The smallest absolute Gasteiger partial charge is 0.227 e. The number of carbonyl (C=O) groups is 2. The lowest BCUT2D eigenvalue weighted by molar-refractivity contribution is -0.117. The monoisotopic (exact) mass is 362 g/mol. The number of Topliss-reactive ketones (excluding diaryl/α,β-unsaturated/α-hetero) is 1. The number of amides is 1. The van der Waals surface area contributed by atoms with Crippen LogP contribution in [0.1, 0.15) is 23.2 Å². The lowest BCUT2D eigenvalue weighted by atomic mass is 10.1. The number of hydrogen-bond acceptors (Lipinski definition) is 4. The van der Waals surface area contributed by atoms with Crippen LogP contribution in [0.2, 0.25) is 0 Å². The Hall–Kier alpha value is -2.66. The summed E-state index contributed by atoms with van der Waals surface area (Å²) in [5.41, 5.74) is 2.46. The van der Waals surface area contributed by atoms with Crippen LogP contribution in [0.3, 0.4) is 0 Å². The maximum Gasteiger partial charge on any atom is 0.227 e. The lowest BCUT2D eigenvalue weighted by Gasteiger charge is -2.15. The minimum Gasteiger partial charge on any atom is -0.312 e. The molecule has 0 atom stereocenters. The van der Waals surface area contributed by atoms with Crippen molar-refractivity contribution < 1.29 is 9.59 Å². The van der Waals surface area contributed by atoms with E-state index in [9.17, 15) is 9.59 Å². The average Bonchev–Trinajstić information content (AvgIpc) is 3.12. The molecule has 130 valence electrons. The Kier molecular flexibility index (Phi) is 4.71. The Morgan fingerprint density at radius 1 is 1.04 bits per heavy atom. The number of anilines is 1. The average molecular weight is 362 g/mol. The van der Waals surface area contributed by atoms with Crippen molar-refractivity contribution in [1.82, 2.24) is 4.98 Å². The van der Waals surface area contributed by atoms with Crippen LogP contribution in [-0.2, 0) is 4.79 Å². The molecule has 0 N–H and O–H groups in total. The zero-order valence-corrected chi connectivity index (χ0v) is 15.0. The number of nitrogens with zero attached hydrogens (tertiary/aromatic N) is 2. The Labute approximate surface area is 156 Å². The first kappa shape index (κ1) is 16.8. The van der Waals surface area contributed by atoms with Crippen molar-refractivity contribution in [3.8, 4) is 0 Å². The van der Waals surface area contributed by atoms with Crippen LogP contribution in [0.25, 0.3) is 10.9 Å². The molecule has 0 unspecified atom stereocenters. The fourth-order valence-electron chi connectivity index (χ4n) is 3.10. The summed E-state index contributed by atoms with van der Waals surface area (Å²) in [5, 5.41) is 1.94. The Morgan fingerprint density at radius 3 is 2.62 bits per heavy atom. The first-order valence-electron chi connectivity index (χ1n) is 8.63. The van der Waals surface area contributed by atoms with Gasteiger partial charge < -0.3 is 4.90 Å². The molecule has 1 aliphatic heterocycles. The standard InChI is InChI=1S/C21H18N2O2S/c24-19(14-26-20-12-9-15-4-1-2-5-18(15)22-20)16-7-10-17(11-8-16)23-13-3-6-21(23)25/h1-2,4-5,7-12H,3,6,13-14H2. The predicted octanol–water partition coefficient (Wildman–Crippen LogP) is 4.34. The molecule has 0 spiro atoms. The van der Waals surface area contributed by atoms with Crippen LogP contribution in [-0.4, -0.2) is 29.0 Å². The Bertz CT molecular complexity index is 969. The van der Waals surface area contributed by atoms with Gasteiger partial charge in [-0.2, -0.15) is 0 Å². The maximum atomic E-state index is 12.4. The number of para-hydroxylation sites is 1. The molecule has 0 bridgehead atoms. The highest BCUT2D eigenvalue weighted by molar-refractivity contribution is 7.99. The first-order valence-corrected chi connectivity index (χ1v) is 9.61. The number of fused-ring (bicyclic) bond motifs is 1. The fraction of sp³-hybridized carbons (Fsp3) is 0.190. The zero-order valence-electron chi connectivity index (χ0n) is 14.2. The predicted molar refractivity (Wildman–Crippen MR) is 105 cm³/mol. The number of aromatic nitrogens is 1. The molecule has 0 saturated carbocycles. The van der Waals surface area contributed by atoms with Crippen molar-refractivity contribution in [1.29, 1.82) is 0 Å². The summed E-state index contributed by atoms with van der Waals surface area (Å²) in [6.07, 6.45) is 1.50. The summed E-state index contributed by atoms with van der Waals surface area (Å²) < 4.78 is 0. The third-order valence-electron chi connectivity index (χ3n) is 4.50. The lowest BCUT2D eigenvalue weighted by Crippen LogP contribution is -2.23. The number of pyridine rings is 1. The van der Waals surface area contributed by atoms with Crippen molar-refractivity contribution in [2.45, 2.75) is 17.9 Å². The van der Waals surface area contributed by atoms with Gasteiger partial charge in [-0.25, -0.2) is 4.98 Å². The molecular formula is C21H18N2O2S. The summed E-state index contributed by atoms with van der Waals surface area (Å²) in [7, 11) is 0. The van der Waals surface area contributed by atoms with Gasteiger partial charge in [0.25, 0.3) is 0 Å². The Morgan fingerprint density at radius 2 is 1.85 bits per heavy atom. The summed E-state index contributed by atoms with van der Waals surface area (Å²) in [6, 6.07) is 19.2. The van der Waals surface area contributed by atoms with E-state index >= 15 is 0 Å². The van der Waals surface area contributed by atoms with Gasteiger partial charge in [0.15, 0.2) is 5.78 Å². The van der Waals surface area contributed by atoms with Gasteiger partial charge in [-0.05, 0) is 42.8 Å². The molecule has 0 radical (unpaired) electrons. The van der Waals surface area contributed by atoms with Gasteiger partial charge >= 0.3 is 0 Å². The van der Waals surface area contributed by atoms with Gasteiger partial charge in [-0.3, -0.25) is 9.59 Å². The van der Waals surface area contributed by atoms with Crippen molar-refractivity contribution in [3.63, 3.8) is 0 Å². The van der Waals surface area contributed by atoms with Crippen molar-refractivity contribution >= 4 is 40.0 Å². The van der Waals surface area contributed by atoms with Crippen LogP contribution >= 0.6 is 11.8 Å². The van der Waals surface area contributed by atoms with E-state index in [4.69, 9.17) is 0 Å². The molecule has 2 aromatic carbocycles. The SMILES string of the molecule is O=C(CSc1ccc2ccccc2n1)c1ccc(N2CCCC2=O)cc1. The second-order valence-corrected chi connectivity index (χ2v) is 7.25. The largest absolute Gasteiger partial charge is 0.312 e. The number of ketones is 1. The molecule has 2 heterocycles. The molecule has 26 heavy (non-hydrogen) atoms. The van der Waals surface area contributed by atoms with E-state index in [0.29, 0.717) is 17.7 Å². The molecule has 5 heteroatoms. The number of hydrogen-bond donors (Lipinski definition) is 0. The van der Waals surface area contributed by atoms with E-state index < -0.39 is 0 Å². The van der Waals surface area contributed by atoms with Gasteiger partial charge in [-0.15, -0.1) is 0 Å². The molecule has 1 amide bonds. The molecule has 1 fully saturated rings. The molecule has 4 nitrogen and oxygen atoms in total. The quantitative estimate of drug-likeness (QED) is 0.500. The molecule has 1 aliphatic rings. The molecule has 1 aromatic heterocycles. The summed E-state index contributed by atoms with van der Waals surface area (Å²) >= 11 is 1.44. The summed E-state index contributed by atoms with van der Waals surface area (Å²) in [4.78, 5) is 30.6. The van der Waals surface area contributed by atoms with E-state index in [1.807, 2.05) is 48.5 Å². The normalized spacial score (nSPS) is 14.2. The van der Waals surface area contributed by atoms with E-state index in [1.165, 1.54) is 11.8 Å². The second kappa shape index (κ2) is 7.30. The van der Waals surface area contributed by atoms with Gasteiger partial charge in [0, 0.05) is 29.6 Å². The molecule has 1 saturated heterocycles. The van der Waals surface area contributed by atoms with Crippen LogP contribution < -0.4 is 4.90 Å². The molecule has 3 aromatic rings. The summed E-state index contributed by atoms with van der Waals surface area (Å²) in [6.45, 7) is 0.760. The molecule has 0 aliphatic carbocycles. The van der Waals surface area contributed by atoms with Crippen LogP contribution in [0, 0.1) is 0 Å².